The van der Waals surface area contributed by atoms with Gasteiger partial charge in [-0.2, -0.15) is 4.98 Å². The molecule has 34 heavy (non-hydrogen) atoms. The van der Waals surface area contributed by atoms with Crippen molar-refractivity contribution in [1.82, 2.24) is 15.0 Å². The van der Waals surface area contributed by atoms with Crippen LogP contribution in [0.5, 0.6) is 0 Å². The van der Waals surface area contributed by atoms with Gasteiger partial charge in [0, 0.05) is 31.5 Å². The van der Waals surface area contributed by atoms with Gasteiger partial charge in [0.25, 0.3) is 5.91 Å². The molecule has 3 aromatic rings. The molecular formula is C26H29FN4O3. The predicted molar refractivity (Wildman–Crippen MR) is 127 cm³/mol. The number of amides is 2. The van der Waals surface area contributed by atoms with Gasteiger partial charge in [-0.15, -0.1) is 0 Å². The molecule has 1 aliphatic heterocycles. The van der Waals surface area contributed by atoms with Gasteiger partial charge >= 0.3 is 0 Å². The molecule has 0 bridgehead atoms. The molecule has 0 spiro atoms. The minimum atomic E-state index is -0.332. The normalized spacial score (nSPS) is 18.0. The maximum Gasteiger partial charge on any atom is 0.255 e. The van der Waals surface area contributed by atoms with Crippen LogP contribution in [0.3, 0.4) is 0 Å². The van der Waals surface area contributed by atoms with E-state index in [-0.39, 0.29) is 24.1 Å². The average Bonchev–Trinajstić information content (AvgIpc) is 3.28. The molecule has 2 atom stereocenters. The smallest absolute Gasteiger partial charge is 0.255 e. The summed E-state index contributed by atoms with van der Waals surface area (Å²) in [7, 11) is 0. The summed E-state index contributed by atoms with van der Waals surface area (Å²) in [6.45, 7) is 5.79. The van der Waals surface area contributed by atoms with Crippen LogP contribution in [0.25, 0.3) is 11.4 Å². The number of halogens is 1. The van der Waals surface area contributed by atoms with E-state index in [1.165, 1.54) is 12.1 Å². The number of rotatable bonds is 7. The van der Waals surface area contributed by atoms with E-state index in [1.807, 2.05) is 17.0 Å². The van der Waals surface area contributed by atoms with Gasteiger partial charge in [-0.05, 0) is 61.1 Å². The fourth-order valence-electron chi connectivity index (χ4n) is 4.46. The van der Waals surface area contributed by atoms with E-state index in [0.717, 1.165) is 19.5 Å². The third kappa shape index (κ3) is 5.87. The lowest BCUT2D eigenvalue weighted by Crippen LogP contribution is -2.42. The summed E-state index contributed by atoms with van der Waals surface area (Å²) in [6, 6.07) is 13.0. The van der Waals surface area contributed by atoms with Crippen LogP contribution in [0.15, 0.2) is 53.1 Å². The lowest BCUT2D eigenvalue weighted by molar-refractivity contribution is -0.116. The minimum Gasteiger partial charge on any atom is -0.339 e. The summed E-state index contributed by atoms with van der Waals surface area (Å²) >= 11 is 0. The summed E-state index contributed by atoms with van der Waals surface area (Å²) in [4.78, 5) is 31.9. The van der Waals surface area contributed by atoms with Crippen molar-refractivity contribution in [3.05, 3.63) is 65.8 Å². The molecule has 0 saturated carbocycles. The van der Waals surface area contributed by atoms with E-state index in [2.05, 4.69) is 29.3 Å². The van der Waals surface area contributed by atoms with Crippen LogP contribution in [-0.4, -0.2) is 39.9 Å². The van der Waals surface area contributed by atoms with Crippen molar-refractivity contribution >= 4 is 17.5 Å². The van der Waals surface area contributed by atoms with Gasteiger partial charge < -0.3 is 14.7 Å². The highest BCUT2D eigenvalue weighted by Gasteiger charge is 2.27. The number of aromatic nitrogens is 2. The number of aryl methyl sites for hydroxylation is 1. The number of hydrogen-bond acceptors (Lipinski definition) is 5. The average molecular weight is 465 g/mol. The molecule has 1 N–H and O–H groups in total. The molecule has 1 fully saturated rings. The van der Waals surface area contributed by atoms with Crippen LogP contribution in [0.4, 0.5) is 10.1 Å². The molecule has 8 heteroatoms. The fraction of sp³-hybridized carbons (Fsp3) is 0.385. The van der Waals surface area contributed by atoms with Crippen molar-refractivity contribution < 1.29 is 18.5 Å². The van der Waals surface area contributed by atoms with Crippen LogP contribution in [0, 0.1) is 17.7 Å². The number of hydrogen-bond donors (Lipinski definition) is 1. The number of anilines is 1. The Morgan fingerprint density at radius 2 is 1.79 bits per heavy atom. The first-order valence-corrected chi connectivity index (χ1v) is 11.7. The highest BCUT2D eigenvalue weighted by atomic mass is 19.1. The third-order valence-corrected chi connectivity index (χ3v) is 5.95. The van der Waals surface area contributed by atoms with Crippen LogP contribution in [0.2, 0.25) is 0 Å². The van der Waals surface area contributed by atoms with Crippen molar-refractivity contribution in [3.63, 3.8) is 0 Å². The highest BCUT2D eigenvalue weighted by Crippen LogP contribution is 2.25. The van der Waals surface area contributed by atoms with E-state index in [4.69, 9.17) is 4.52 Å². The predicted octanol–water partition coefficient (Wildman–Crippen LogP) is 4.96. The van der Waals surface area contributed by atoms with Crippen molar-refractivity contribution in [2.75, 3.05) is 18.4 Å². The van der Waals surface area contributed by atoms with Gasteiger partial charge in [0.15, 0.2) is 0 Å². The fourth-order valence-corrected chi connectivity index (χ4v) is 4.46. The van der Waals surface area contributed by atoms with E-state index >= 15 is 0 Å². The van der Waals surface area contributed by atoms with Gasteiger partial charge in [-0.1, -0.05) is 31.1 Å². The first-order chi connectivity index (χ1) is 16.4. The maximum absolute atomic E-state index is 13.2. The summed E-state index contributed by atoms with van der Waals surface area (Å²) < 4.78 is 18.3. The van der Waals surface area contributed by atoms with Crippen LogP contribution in [0.1, 0.15) is 49.4 Å². The molecule has 7 nitrogen and oxygen atoms in total. The number of nitrogens with zero attached hydrogens (tertiary/aromatic N) is 3. The number of nitrogens with one attached hydrogen (secondary N) is 1. The zero-order valence-corrected chi connectivity index (χ0v) is 19.5. The Labute approximate surface area is 198 Å². The molecule has 2 amide bonds. The SMILES string of the molecule is CC1CC(C)CN(C(=O)c2ccccc2NC(=O)CCCc2nc(-c3ccc(F)cc3)no2)C1. The number of benzene rings is 2. The topological polar surface area (TPSA) is 88.3 Å². The first kappa shape index (κ1) is 23.6. The summed E-state index contributed by atoms with van der Waals surface area (Å²) in [5, 5.41) is 6.80. The minimum absolute atomic E-state index is 0.0477. The Bertz CT molecular complexity index is 1130. The number of carbonyl (C=O) groups excluding carboxylic acids is 2. The van der Waals surface area contributed by atoms with Crippen molar-refractivity contribution in [2.45, 2.75) is 39.5 Å². The van der Waals surface area contributed by atoms with Gasteiger partial charge in [0.05, 0.1) is 11.3 Å². The quantitative estimate of drug-likeness (QED) is 0.534. The standard InChI is InChI=1S/C26H29FN4O3/c1-17-14-18(2)16-31(15-17)26(33)21-6-3-4-7-22(21)28-23(32)8-5-9-24-29-25(30-34-24)19-10-12-20(27)13-11-19/h3-4,6-7,10-13,17-18H,5,8-9,14-16H2,1-2H3,(H,28,32). The Hall–Kier alpha value is -3.55. The van der Waals surface area contributed by atoms with Crippen LogP contribution >= 0.6 is 0 Å². The highest BCUT2D eigenvalue weighted by molar-refractivity contribution is 6.03. The Morgan fingerprint density at radius 1 is 1.09 bits per heavy atom. The molecule has 178 valence electrons. The molecule has 4 rings (SSSR count). The molecule has 2 heterocycles. The molecule has 0 radical (unpaired) electrons. The lowest BCUT2D eigenvalue weighted by atomic mass is 9.91. The van der Waals surface area contributed by atoms with E-state index in [0.29, 0.717) is 53.2 Å². The Balaban J connectivity index is 1.32. The molecule has 1 aromatic heterocycles. The number of carbonyl (C=O) groups is 2. The molecule has 0 aliphatic carbocycles. The molecule has 2 unspecified atom stereocenters. The Kier molecular flexibility index (Phi) is 7.35. The monoisotopic (exact) mass is 464 g/mol. The second-order valence-corrected chi connectivity index (χ2v) is 9.12. The van der Waals surface area contributed by atoms with Gasteiger partial charge in [-0.3, -0.25) is 9.59 Å². The second kappa shape index (κ2) is 10.6. The summed E-state index contributed by atoms with van der Waals surface area (Å²) in [5.74, 6) is 1.16. The number of piperidine rings is 1. The third-order valence-electron chi connectivity index (χ3n) is 5.95. The van der Waals surface area contributed by atoms with Crippen LogP contribution in [-0.2, 0) is 11.2 Å². The number of likely N-dealkylation sites (tertiary alicyclic amines) is 1. The molecular weight excluding hydrogens is 435 g/mol. The van der Waals surface area contributed by atoms with E-state index in [9.17, 15) is 14.0 Å². The van der Waals surface area contributed by atoms with Crippen LogP contribution < -0.4 is 5.32 Å². The molecule has 2 aromatic carbocycles. The van der Waals surface area contributed by atoms with Crippen molar-refractivity contribution in [3.8, 4) is 11.4 Å². The largest absolute Gasteiger partial charge is 0.339 e. The maximum atomic E-state index is 13.2. The first-order valence-electron chi connectivity index (χ1n) is 11.7. The Morgan fingerprint density at radius 3 is 2.53 bits per heavy atom. The number of para-hydroxylation sites is 1. The zero-order valence-electron chi connectivity index (χ0n) is 19.5. The molecule has 1 saturated heterocycles. The van der Waals surface area contributed by atoms with Crippen molar-refractivity contribution in [2.24, 2.45) is 11.8 Å². The van der Waals surface area contributed by atoms with E-state index < -0.39 is 0 Å². The summed E-state index contributed by atoms with van der Waals surface area (Å²) in [6.07, 6.45) is 2.31. The van der Waals surface area contributed by atoms with E-state index in [1.54, 1.807) is 24.3 Å². The summed E-state index contributed by atoms with van der Waals surface area (Å²) in [5.41, 5.74) is 1.70. The van der Waals surface area contributed by atoms with Gasteiger partial charge in [0.1, 0.15) is 5.82 Å². The van der Waals surface area contributed by atoms with Crippen molar-refractivity contribution in [1.29, 1.82) is 0 Å². The second-order valence-electron chi connectivity index (χ2n) is 9.12. The zero-order chi connectivity index (χ0) is 24.1. The van der Waals surface area contributed by atoms with Gasteiger partial charge in [0.2, 0.25) is 17.6 Å². The lowest BCUT2D eigenvalue weighted by Gasteiger charge is -2.35. The van der Waals surface area contributed by atoms with Gasteiger partial charge in [-0.25, -0.2) is 4.39 Å². The molecule has 1 aliphatic rings.